The highest BCUT2D eigenvalue weighted by atomic mass is 35.5. The molecule has 0 saturated heterocycles. The number of alkyl halides is 3. The summed E-state index contributed by atoms with van der Waals surface area (Å²) in [6.45, 7) is 1.87. The Morgan fingerprint density at radius 1 is 1.03 bits per heavy atom. The van der Waals surface area contributed by atoms with Crippen molar-refractivity contribution in [2.24, 2.45) is 0 Å². The van der Waals surface area contributed by atoms with Gasteiger partial charge in [0.15, 0.2) is 0 Å². The maximum absolute atomic E-state index is 12.8. The normalized spacial score (nSPS) is 11.1. The summed E-state index contributed by atoms with van der Waals surface area (Å²) in [5, 5.41) is 5.56. The lowest BCUT2D eigenvalue weighted by Crippen LogP contribution is -2.17. The molecule has 178 valence electrons. The van der Waals surface area contributed by atoms with E-state index in [0.717, 1.165) is 17.2 Å². The lowest BCUT2D eigenvalue weighted by Gasteiger charge is -2.14. The fourth-order valence-corrected chi connectivity index (χ4v) is 3.40. The van der Waals surface area contributed by atoms with Crippen molar-refractivity contribution in [2.45, 2.75) is 13.3 Å². The van der Waals surface area contributed by atoms with E-state index in [1.807, 2.05) is 13.0 Å². The van der Waals surface area contributed by atoms with E-state index in [0.29, 0.717) is 22.8 Å². The lowest BCUT2D eigenvalue weighted by atomic mass is 10.1. The number of aryl methyl sites for hydroxylation is 1. The van der Waals surface area contributed by atoms with E-state index >= 15 is 0 Å². The van der Waals surface area contributed by atoms with Crippen LogP contribution in [0.15, 0.2) is 73.3 Å². The standard InChI is InChI=1S/C24H17ClF3N5O2/c1-14-4-5-15(23(34)32-16-6-7-21(18(25)12-16)35-24(26,27)28)11-20(14)33-22-17(3-2-9-30-22)19-8-10-29-13-31-19/h2-13H,1H3,(H,30,33)(H,32,34). The first-order valence-corrected chi connectivity index (χ1v) is 10.5. The number of nitrogens with one attached hydrogen (secondary N) is 2. The highest BCUT2D eigenvalue weighted by molar-refractivity contribution is 6.32. The molecule has 0 aliphatic carbocycles. The van der Waals surface area contributed by atoms with Gasteiger partial charge < -0.3 is 15.4 Å². The maximum Gasteiger partial charge on any atom is 0.573 e. The number of anilines is 3. The number of hydrogen-bond donors (Lipinski definition) is 2. The first-order valence-electron chi connectivity index (χ1n) is 10.2. The van der Waals surface area contributed by atoms with Gasteiger partial charge in [0.05, 0.1) is 10.7 Å². The van der Waals surface area contributed by atoms with Gasteiger partial charge in [0.25, 0.3) is 5.91 Å². The van der Waals surface area contributed by atoms with Crippen LogP contribution in [0, 0.1) is 6.92 Å². The number of pyridine rings is 1. The summed E-state index contributed by atoms with van der Waals surface area (Å²) in [7, 11) is 0. The maximum atomic E-state index is 12.8. The molecular weight excluding hydrogens is 483 g/mol. The molecule has 0 fully saturated rings. The molecule has 35 heavy (non-hydrogen) atoms. The van der Waals surface area contributed by atoms with E-state index in [-0.39, 0.29) is 10.7 Å². The SMILES string of the molecule is Cc1ccc(C(=O)Nc2ccc(OC(F)(F)F)c(Cl)c2)cc1Nc1ncccc1-c1ccncn1. The molecule has 0 unspecified atom stereocenters. The summed E-state index contributed by atoms with van der Waals surface area (Å²) in [6.07, 6.45) is -0.171. The van der Waals surface area contributed by atoms with Gasteiger partial charge in [-0.15, -0.1) is 13.2 Å². The second-order valence-corrected chi connectivity index (χ2v) is 7.70. The third-order valence-corrected chi connectivity index (χ3v) is 5.13. The first kappa shape index (κ1) is 24.0. The Hall–Kier alpha value is -4.18. The Bertz CT molecular complexity index is 1370. The van der Waals surface area contributed by atoms with Crippen molar-refractivity contribution >= 4 is 34.7 Å². The van der Waals surface area contributed by atoms with Gasteiger partial charge in [0.2, 0.25) is 0 Å². The zero-order chi connectivity index (χ0) is 25.0. The molecule has 0 spiro atoms. The Labute approximate surface area is 203 Å². The number of rotatable bonds is 6. The molecule has 4 aromatic rings. The molecule has 2 aromatic heterocycles. The molecule has 2 aromatic carbocycles. The lowest BCUT2D eigenvalue weighted by molar-refractivity contribution is -0.274. The minimum Gasteiger partial charge on any atom is -0.404 e. The molecule has 0 atom stereocenters. The van der Waals surface area contributed by atoms with Crippen LogP contribution in [0.5, 0.6) is 5.75 Å². The minimum atomic E-state index is -4.87. The van der Waals surface area contributed by atoms with Crippen molar-refractivity contribution in [1.82, 2.24) is 15.0 Å². The summed E-state index contributed by atoms with van der Waals surface area (Å²) < 4.78 is 41.1. The first-order chi connectivity index (χ1) is 16.7. The number of hydrogen-bond acceptors (Lipinski definition) is 6. The number of nitrogens with zero attached hydrogens (tertiary/aromatic N) is 3. The van der Waals surface area contributed by atoms with E-state index < -0.39 is 18.0 Å². The highest BCUT2D eigenvalue weighted by Gasteiger charge is 2.32. The Kier molecular flexibility index (Phi) is 6.83. The molecular formula is C24H17ClF3N5O2. The van der Waals surface area contributed by atoms with Crippen molar-refractivity contribution < 1.29 is 22.7 Å². The second kappa shape index (κ2) is 9.98. The van der Waals surface area contributed by atoms with E-state index in [4.69, 9.17) is 11.6 Å². The van der Waals surface area contributed by atoms with Crippen molar-refractivity contribution in [3.05, 3.63) is 89.5 Å². The molecule has 0 bridgehead atoms. The fraction of sp³-hybridized carbons (Fsp3) is 0.0833. The highest BCUT2D eigenvalue weighted by Crippen LogP contribution is 2.33. The average Bonchev–Trinajstić information content (AvgIpc) is 2.82. The van der Waals surface area contributed by atoms with E-state index in [2.05, 4.69) is 30.3 Å². The zero-order valence-corrected chi connectivity index (χ0v) is 18.9. The van der Waals surface area contributed by atoms with E-state index in [9.17, 15) is 18.0 Å². The topological polar surface area (TPSA) is 89.0 Å². The second-order valence-electron chi connectivity index (χ2n) is 7.30. The number of carbonyl (C=O) groups excluding carboxylic acids is 1. The van der Waals surface area contributed by atoms with Crippen LogP contribution < -0.4 is 15.4 Å². The number of ether oxygens (including phenoxy) is 1. The van der Waals surface area contributed by atoms with Crippen LogP contribution in [0.1, 0.15) is 15.9 Å². The molecule has 7 nitrogen and oxygen atoms in total. The number of benzene rings is 2. The molecule has 0 saturated carbocycles. The number of carbonyl (C=O) groups is 1. The van der Waals surface area contributed by atoms with Gasteiger partial charge in [-0.3, -0.25) is 4.79 Å². The third-order valence-electron chi connectivity index (χ3n) is 4.83. The number of amides is 1. The Morgan fingerprint density at radius 2 is 1.86 bits per heavy atom. The summed E-state index contributed by atoms with van der Waals surface area (Å²) in [5.74, 6) is -0.501. The van der Waals surface area contributed by atoms with Gasteiger partial charge in [0.1, 0.15) is 17.9 Å². The van der Waals surface area contributed by atoms with Crippen molar-refractivity contribution in [1.29, 1.82) is 0 Å². The van der Waals surface area contributed by atoms with Crippen LogP contribution in [-0.4, -0.2) is 27.2 Å². The van der Waals surface area contributed by atoms with Gasteiger partial charge in [-0.25, -0.2) is 15.0 Å². The van der Waals surface area contributed by atoms with Crippen LogP contribution >= 0.6 is 11.6 Å². The van der Waals surface area contributed by atoms with E-state index in [1.165, 1.54) is 18.5 Å². The predicted octanol–water partition coefficient (Wildman–Crippen LogP) is 6.39. The Balaban J connectivity index is 1.55. The summed E-state index contributed by atoms with van der Waals surface area (Å²) in [6, 6.07) is 13.9. The molecule has 4 rings (SSSR count). The van der Waals surface area contributed by atoms with Crippen molar-refractivity contribution in [2.75, 3.05) is 10.6 Å². The molecule has 0 aliphatic rings. The number of halogens is 4. The van der Waals surface area contributed by atoms with Gasteiger partial charge in [-0.05, 0) is 61.0 Å². The van der Waals surface area contributed by atoms with Crippen LogP contribution in [0.2, 0.25) is 5.02 Å². The fourth-order valence-electron chi connectivity index (χ4n) is 3.18. The molecule has 0 aliphatic heterocycles. The number of aromatic nitrogens is 3. The van der Waals surface area contributed by atoms with Crippen LogP contribution in [0.3, 0.4) is 0 Å². The molecule has 0 radical (unpaired) electrons. The molecule has 2 N–H and O–H groups in total. The summed E-state index contributed by atoms with van der Waals surface area (Å²) >= 11 is 5.86. The largest absolute Gasteiger partial charge is 0.573 e. The van der Waals surface area contributed by atoms with Gasteiger partial charge in [0, 0.05) is 34.9 Å². The summed E-state index contributed by atoms with van der Waals surface area (Å²) in [4.78, 5) is 25.4. The van der Waals surface area contributed by atoms with Crippen LogP contribution in [0.25, 0.3) is 11.3 Å². The predicted molar refractivity (Wildman–Crippen MR) is 126 cm³/mol. The molecule has 2 heterocycles. The zero-order valence-electron chi connectivity index (χ0n) is 18.1. The van der Waals surface area contributed by atoms with E-state index in [1.54, 1.807) is 42.7 Å². The quantitative estimate of drug-likeness (QED) is 0.319. The van der Waals surface area contributed by atoms with Crippen LogP contribution in [-0.2, 0) is 0 Å². The van der Waals surface area contributed by atoms with Gasteiger partial charge in [-0.2, -0.15) is 0 Å². The monoisotopic (exact) mass is 499 g/mol. The molecule has 1 amide bonds. The summed E-state index contributed by atoms with van der Waals surface area (Å²) in [5.41, 5.74) is 3.44. The van der Waals surface area contributed by atoms with Crippen molar-refractivity contribution in [3.8, 4) is 17.0 Å². The smallest absolute Gasteiger partial charge is 0.404 e. The van der Waals surface area contributed by atoms with Gasteiger partial charge in [-0.1, -0.05) is 17.7 Å². The Morgan fingerprint density at radius 3 is 2.57 bits per heavy atom. The van der Waals surface area contributed by atoms with Crippen molar-refractivity contribution in [3.63, 3.8) is 0 Å². The minimum absolute atomic E-state index is 0.209. The molecule has 11 heteroatoms. The average molecular weight is 500 g/mol. The van der Waals surface area contributed by atoms with Gasteiger partial charge >= 0.3 is 6.36 Å². The third kappa shape index (κ3) is 6.04. The van der Waals surface area contributed by atoms with Crippen LogP contribution in [0.4, 0.5) is 30.4 Å².